The highest BCUT2D eigenvalue weighted by molar-refractivity contribution is 6.30. The number of rotatable bonds is 5. The fourth-order valence-corrected chi connectivity index (χ4v) is 1.81. The molecule has 1 aromatic heterocycles. The van der Waals surface area contributed by atoms with Gasteiger partial charge in [0.1, 0.15) is 23.9 Å². The van der Waals surface area contributed by atoms with E-state index in [0.29, 0.717) is 11.6 Å². The van der Waals surface area contributed by atoms with Crippen molar-refractivity contribution in [3.05, 3.63) is 52.4 Å². The fraction of sp³-hybridized carbons (Fsp3) is 0.286. The zero-order valence-corrected chi connectivity index (χ0v) is 11.3. The molecule has 0 saturated carbocycles. The van der Waals surface area contributed by atoms with Gasteiger partial charge >= 0.3 is 0 Å². The Morgan fingerprint density at radius 2 is 2.00 bits per heavy atom. The number of hydrogen-bond acceptors (Lipinski definition) is 3. The maximum absolute atomic E-state index is 5.93. The Balaban J connectivity index is 1.99. The molecule has 0 fully saturated rings. The first-order valence-corrected chi connectivity index (χ1v) is 6.18. The third kappa shape index (κ3) is 3.28. The maximum Gasteiger partial charge on any atom is 0.146 e. The first kappa shape index (κ1) is 13.0. The molecule has 4 heteroatoms. The predicted molar refractivity (Wildman–Crippen MR) is 72.0 cm³/mol. The lowest BCUT2D eigenvalue weighted by atomic mass is 10.2. The third-order valence-electron chi connectivity index (χ3n) is 2.59. The van der Waals surface area contributed by atoms with Gasteiger partial charge < -0.3 is 14.5 Å². The summed E-state index contributed by atoms with van der Waals surface area (Å²) < 4.78 is 11.3. The van der Waals surface area contributed by atoms with E-state index in [9.17, 15) is 0 Å². The van der Waals surface area contributed by atoms with Gasteiger partial charge in [-0.3, -0.25) is 0 Å². The predicted octanol–water partition coefficient (Wildman–Crippen LogP) is 3.54. The molecule has 3 nitrogen and oxygen atoms in total. The summed E-state index contributed by atoms with van der Waals surface area (Å²) in [5.41, 5.74) is 1.06. The second-order valence-corrected chi connectivity index (χ2v) is 4.53. The summed E-state index contributed by atoms with van der Waals surface area (Å²) in [6, 6.07) is 9.47. The molecule has 2 rings (SSSR count). The molecule has 1 aromatic carbocycles. The highest BCUT2D eigenvalue weighted by atomic mass is 35.5. The molecule has 18 heavy (non-hydrogen) atoms. The second kappa shape index (κ2) is 5.94. The van der Waals surface area contributed by atoms with E-state index in [2.05, 4.69) is 5.32 Å². The van der Waals surface area contributed by atoms with Crippen molar-refractivity contribution < 1.29 is 9.15 Å². The topological polar surface area (TPSA) is 34.4 Å². The lowest BCUT2D eigenvalue weighted by Crippen LogP contribution is -2.03. The average Bonchev–Trinajstić information content (AvgIpc) is 2.79. The van der Waals surface area contributed by atoms with Gasteiger partial charge in [-0.05, 0) is 43.8 Å². The van der Waals surface area contributed by atoms with Crippen LogP contribution in [0, 0.1) is 6.92 Å². The molecule has 96 valence electrons. The molecule has 1 heterocycles. The Bertz CT molecular complexity index is 522. The van der Waals surface area contributed by atoms with Gasteiger partial charge in [0.25, 0.3) is 0 Å². The van der Waals surface area contributed by atoms with E-state index in [-0.39, 0.29) is 0 Å². The van der Waals surface area contributed by atoms with Crippen molar-refractivity contribution >= 4 is 11.6 Å². The minimum absolute atomic E-state index is 0.408. The van der Waals surface area contributed by atoms with Gasteiger partial charge in [-0.25, -0.2) is 0 Å². The Morgan fingerprint density at radius 3 is 2.78 bits per heavy atom. The van der Waals surface area contributed by atoms with Crippen LogP contribution in [0.1, 0.15) is 17.1 Å². The summed E-state index contributed by atoms with van der Waals surface area (Å²) in [5, 5.41) is 3.71. The quantitative estimate of drug-likeness (QED) is 0.898. The Labute approximate surface area is 112 Å². The molecule has 0 amide bonds. The number of ether oxygens (including phenoxy) is 1. The number of halogens is 1. The summed E-state index contributed by atoms with van der Waals surface area (Å²) in [4.78, 5) is 0. The van der Waals surface area contributed by atoms with Crippen LogP contribution in [0.3, 0.4) is 0 Å². The van der Waals surface area contributed by atoms with Crippen LogP contribution in [-0.2, 0) is 13.2 Å². The van der Waals surface area contributed by atoms with Crippen LogP contribution in [0.4, 0.5) is 0 Å². The normalized spacial score (nSPS) is 10.6. The average molecular weight is 266 g/mol. The summed E-state index contributed by atoms with van der Waals surface area (Å²) in [5.74, 6) is 2.49. The van der Waals surface area contributed by atoms with E-state index in [4.69, 9.17) is 20.8 Å². The first-order valence-electron chi connectivity index (χ1n) is 5.80. The molecule has 0 aliphatic rings. The molecule has 2 aromatic rings. The van der Waals surface area contributed by atoms with Gasteiger partial charge in [0.2, 0.25) is 0 Å². The first-order chi connectivity index (χ1) is 8.69. The van der Waals surface area contributed by atoms with Crippen LogP contribution in [0.5, 0.6) is 5.75 Å². The molecule has 1 N–H and O–H groups in total. The summed E-state index contributed by atoms with van der Waals surface area (Å²) in [7, 11) is 1.88. The zero-order valence-electron chi connectivity index (χ0n) is 10.5. The summed E-state index contributed by atoms with van der Waals surface area (Å²) in [6.07, 6.45) is 0. The summed E-state index contributed by atoms with van der Waals surface area (Å²) in [6.45, 7) is 3.11. The van der Waals surface area contributed by atoms with Crippen molar-refractivity contribution in [2.75, 3.05) is 7.05 Å². The van der Waals surface area contributed by atoms with Crippen LogP contribution < -0.4 is 10.1 Å². The minimum Gasteiger partial charge on any atom is -0.485 e. The molecule has 0 radical (unpaired) electrons. The van der Waals surface area contributed by atoms with Crippen LogP contribution in [-0.4, -0.2) is 7.05 Å². The molecule has 0 aliphatic carbocycles. The smallest absolute Gasteiger partial charge is 0.146 e. The molecule has 0 spiro atoms. The summed E-state index contributed by atoms with van der Waals surface area (Å²) >= 11 is 5.93. The van der Waals surface area contributed by atoms with Gasteiger partial charge in [0.05, 0.1) is 6.54 Å². The lowest BCUT2D eigenvalue weighted by molar-refractivity contribution is 0.264. The van der Waals surface area contributed by atoms with Crippen LogP contribution in [0.2, 0.25) is 5.02 Å². The molecular weight excluding hydrogens is 250 g/mol. The van der Waals surface area contributed by atoms with Crippen LogP contribution in [0.25, 0.3) is 0 Å². The fourth-order valence-electron chi connectivity index (χ4n) is 1.65. The van der Waals surface area contributed by atoms with E-state index in [1.807, 2.05) is 44.3 Å². The monoisotopic (exact) mass is 265 g/mol. The van der Waals surface area contributed by atoms with Crippen molar-refractivity contribution in [3.63, 3.8) is 0 Å². The standard InChI is InChI=1S/C14H16ClNO2/c1-10-3-4-11(15)7-14(10)17-9-13-6-5-12(18-13)8-16-2/h3-7,16H,8-9H2,1-2H3. The van der Waals surface area contributed by atoms with Gasteiger partial charge in [-0.2, -0.15) is 0 Å². The van der Waals surface area contributed by atoms with E-state index >= 15 is 0 Å². The van der Waals surface area contributed by atoms with Crippen molar-refractivity contribution in [1.82, 2.24) is 5.32 Å². The van der Waals surface area contributed by atoms with E-state index in [1.165, 1.54) is 0 Å². The Hall–Kier alpha value is -1.45. The maximum atomic E-state index is 5.93. The van der Waals surface area contributed by atoms with Crippen molar-refractivity contribution in [1.29, 1.82) is 0 Å². The van der Waals surface area contributed by atoms with Crippen molar-refractivity contribution in [2.45, 2.75) is 20.1 Å². The van der Waals surface area contributed by atoms with E-state index in [1.54, 1.807) is 0 Å². The van der Waals surface area contributed by atoms with E-state index < -0.39 is 0 Å². The number of furan rings is 1. The number of benzene rings is 1. The molecule has 0 aliphatic heterocycles. The highest BCUT2D eigenvalue weighted by Gasteiger charge is 2.04. The van der Waals surface area contributed by atoms with Crippen molar-refractivity contribution in [3.8, 4) is 5.75 Å². The minimum atomic E-state index is 0.408. The molecule has 0 unspecified atom stereocenters. The Kier molecular flexibility index (Phi) is 4.28. The van der Waals surface area contributed by atoms with Crippen molar-refractivity contribution in [2.24, 2.45) is 0 Å². The third-order valence-corrected chi connectivity index (χ3v) is 2.82. The number of hydrogen-bond donors (Lipinski definition) is 1. The second-order valence-electron chi connectivity index (χ2n) is 4.10. The molecule has 0 saturated heterocycles. The van der Waals surface area contributed by atoms with E-state index in [0.717, 1.165) is 29.4 Å². The highest BCUT2D eigenvalue weighted by Crippen LogP contribution is 2.23. The largest absolute Gasteiger partial charge is 0.485 e. The number of nitrogens with one attached hydrogen (secondary N) is 1. The van der Waals surface area contributed by atoms with Gasteiger partial charge in [0, 0.05) is 5.02 Å². The molecule has 0 atom stereocenters. The Morgan fingerprint density at radius 1 is 1.22 bits per heavy atom. The molecule has 0 bridgehead atoms. The lowest BCUT2D eigenvalue weighted by Gasteiger charge is -2.07. The zero-order chi connectivity index (χ0) is 13.0. The van der Waals surface area contributed by atoms with Crippen LogP contribution in [0.15, 0.2) is 34.7 Å². The molecular formula is C14H16ClNO2. The van der Waals surface area contributed by atoms with Gasteiger partial charge in [-0.15, -0.1) is 0 Å². The van der Waals surface area contributed by atoms with Gasteiger partial charge in [-0.1, -0.05) is 17.7 Å². The SMILES string of the molecule is CNCc1ccc(COc2cc(Cl)ccc2C)o1. The van der Waals surface area contributed by atoms with Gasteiger partial charge in [0.15, 0.2) is 0 Å². The number of aryl methyl sites for hydroxylation is 1. The van der Waals surface area contributed by atoms with Crippen LogP contribution >= 0.6 is 11.6 Å².